The molecule has 126 valence electrons. The van der Waals surface area contributed by atoms with Gasteiger partial charge < -0.3 is 14.4 Å². The quantitative estimate of drug-likeness (QED) is 0.627. The predicted octanol–water partition coefficient (Wildman–Crippen LogP) is 1.66. The fourth-order valence-corrected chi connectivity index (χ4v) is 2.60. The van der Waals surface area contributed by atoms with Crippen molar-refractivity contribution in [3.63, 3.8) is 0 Å². The van der Waals surface area contributed by atoms with Crippen LogP contribution in [0.15, 0.2) is 53.4 Å². The molecule has 7 nitrogen and oxygen atoms in total. The van der Waals surface area contributed by atoms with E-state index in [-0.39, 0.29) is 5.70 Å². The molecule has 0 spiro atoms. The van der Waals surface area contributed by atoms with Crippen LogP contribution in [0.3, 0.4) is 0 Å². The lowest BCUT2D eigenvalue weighted by molar-refractivity contribution is -0.129. The van der Waals surface area contributed by atoms with E-state index in [1.165, 1.54) is 0 Å². The number of morpholine rings is 1. The highest BCUT2D eigenvalue weighted by Gasteiger charge is 2.24. The molecule has 2 aliphatic heterocycles. The number of nitrogens with zero attached hydrogens (tertiary/aromatic N) is 4. The number of aliphatic imine (C=N–C) groups is 1. The summed E-state index contributed by atoms with van der Waals surface area (Å²) < 4.78 is 10.6. The van der Waals surface area contributed by atoms with Crippen molar-refractivity contribution < 1.29 is 14.3 Å². The van der Waals surface area contributed by atoms with Crippen LogP contribution in [0.25, 0.3) is 6.08 Å². The third kappa shape index (κ3) is 3.41. The molecule has 1 fully saturated rings. The third-order valence-electron chi connectivity index (χ3n) is 3.90. The van der Waals surface area contributed by atoms with E-state index in [0.717, 1.165) is 18.7 Å². The average Bonchev–Trinajstić information content (AvgIpc) is 3.04. The van der Waals surface area contributed by atoms with Crippen LogP contribution in [0, 0.1) is 0 Å². The first-order valence-corrected chi connectivity index (χ1v) is 8.02. The topological polar surface area (TPSA) is 76.9 Å². The molecule has 0 saturated carbocycles. The van der Waals surface area contributed by atoms with Gasteiger partial charge in [0.2, 0.25) is 11.8 Å². The summed E-state index contributed by atoms with van der Waals surface area (Å²) in [6, 6.07) is 9.31. The zero-order valence-electron chi connectivity index (χ0n) is 13.5. The summed E-state index contributed by atoms with van der Waals surface area (Å²) in [5, 5.41) is 0. The van der Waals surface area contributed by atoms with Gasteiger partial charge >= 0.3 is 5.97 Å². The monoisotopic (exact) mass is 336 g/mol. The van der Waals surface area contributed by atoms with Gasteiger partial charge in [-0.15, -0.1) is 0 Å². The molecule has 1 aromatic carbocycles. The molecular formula is C18H16N4O3. The zero-order valence-corrected chi connectivity index (χ0v) is 13.5. The molecule has 4 rings (SSSR count). The minimum Gasteiger partial charge on any atom is -0.402 e. The van der Waals surface area contributed by atoms with Crippen LogP contribution in [-0.4, -0.2) is 48.1 Å². The maximum Gasteiger partial charge on any atom is 0.363 e. The van der Waals surface area contributed by atoms with Gasteiger partial charge in [-0.2, -0.15) is 0 Å². The summed E-state index contributed by atoms with van der Waals surface area (Å²) in [4.78, 5) is 27.1. The van der Waals surface area contributed by atoms with Crippen LogP contribution in [0.1, 0.15) is 11.1 Å². The summed E-state index contributed by atoms with van der Waals surface area (Å²) in [7, 11) is 0. The molecule has 0 atom stereocenters. The van der Waals surface area contributed by atoms with Crippen molar-refractivity contribution in [1.82, 2.24) is 9.97 Å². The lowest BCUT2D eigenvalue weighted by Gasteiger charge is -2.26. The molecule has 25 heavy (non-hydrogen) atoms. The number of carbonyl (C=O) groups excluding carboxylic acids is 1. The minimum absolute atomic E-state index is 0.238. The summed E-state index contributed by atoms with van der Waals surface area (Å²) in [6.07, 6.45) is 4.98. The molecule has 1 saturated heterocycles. The van der Waals surface area contributed by atoms with E-state index < -0.39 is 5.97 Å². The Morgan fingerprint density at radius 3 is 2.48 bits per heavy atom. The molecule has 0 amide bonds. The highest BCUT2D eigenvalue weighted by molar-refractivity contribution is 6.12. The molecule has 3 heterocycles. The highest BCUT2D eigenvalue weighted by atomic mass is 16.6. The van der Waals surface area contributed by atoms with Crippen LogP contribution in [0.2, 0.25) is 0 Å². The van der Waals surface area contributed by atoms with Crippen molar-refractivity contribution >= 4 is 23.9 Å². The molecule has 0 unspecified atom stereocenters. The van der Waals surface area contributed by atoms with Crippen molar-refractivity contribution in [2.75, 3.05) is 31.2 Å². The Labute approximate surface area is 144 Å². The first kappa shape index (κ1) is 15.5. The van der Waals surface area contributed by atoms with Crippen LogP contribution < -0.4 is 4.90 Å². The van der Waals surface area contributed by atoms with E-state index >= 15 is 0 Å². The van der Waals surface area contributed by atoms with Gasteiger partial charge in [0.1, 0.15) is 0 Å². The summed E-state index contributed by atoms with van der Waals surface area (Å²) in [6.45, 7) is 2.91. The maximum absolute atomic E-state index is 12.0. The van der Waals surface area contributed by atoms with Gasteiger partial charge in [0.05, 0.1) is 13.2 Å². The van der Waals surface area contributed by atoms with E-state index in [9.17, 15) is 4.79 Å². The van der Waals surface area contributed by atoms with Crippen molar-refractivity contribution in [1.29, 1.82) is 0 Å². The first-order chi connectivity index (χ1) is 12.3. The van der Waals surface area contributed by atoms with Crippen molar-refractivity contribution in [2.24, 2.45) is 4.99 Å². The maximum atomic E-state index is 12.0. The van der Waals surface area contributed by atoms with Gasteiger partial charge in [-0.25, -0.2) is 19.8 Å². The van der Waals surface area contributed by atoms with Crippen molar-refractivity contribution in [2.45, 2.75) is 0 Å². The van der Waals surface area contributed by atoms with E-state index in [1.54, 1.807) is 18.5 Å². The Kier molecular flexibility index (Phi) is 4.22. The highest BCUT2D eigenvalue weighted by Crippen LogP contribution is 2.19. The Morgan fingerprint density at radius 1 is 1.04 bits per heavy atom. The van der Waals surface area contributed by atoms with E-state index in [1.807, 2.05) is 30.3 Å². The minimum atomic E-state index is -0.476. The van der Waals surface area contributed by atoms with Gasteiger partial charge in [-0.3, -0.25) is 0 Å². The molecule has 2 aromatic rings. The lowest BCUT2D eigenvalue weighted by atomic mass is 10.2. The van der Waals surface area contributed by atoms with Crippen LogP contribution in [0.4, 0.5) is 5.95 Å². The fourth-order valence-electron chi connectivity index (χ4n) is 2.60. The molecule has 0 aliphatic carbocycles. The van der Waals surface area contributed by atoms with E-state index in [2.05, 4.69) is 19.9 Å². The Morgan fingerprint density at radius 2 is 1.76 bits per heavy atom. The molecule has 0 N–H and O–H groups in total. The number of anilines is 1. The summed E-state index contributed by atoms with van der Waals surface area (Å²) in [5.74, 6) is 0.492. The van der Waals surface area contributed by atoms with Gasteiger partial charge in [0.25, 0.3) is 0 Å². The third-order valence-corrected chi connectivity index (χ3v) is 3.90. The SMILES string of the molecule is O=C1OC(c2ccccc2)=N/C1=C/c1cnc(N2CCOCC2)nc1. The fraction of sp³-hybridized carbons (Fsp3) is 0.222. The standard InChI is InChI=1S/C18H16N4O3/c23-17-15(21-16(25-17)14-4-2-1-3-5-14)10-13-11-19-18(20-12-13)22-6-8-24-9-7-22/h1-5,10-12H,6-9H2/b15-10+. The van der Waals surface area contributed by atoms with E-state index in [0.29, 0.717) is 30.6 Å². The van der Waals surface area contributed by atoms with Gasteiger partial charge in [0, 0.05) is 36.6 Å². The number of benzene rings is 1. The number of carbonyl (C=O) groups is 1. The summed E-state index contributed by atoms with van der Waals surface area (Å²) >= 11 is 0. The van der Waals surface area contributed by atoms with Crippen LogP contribution >= 0.6 is 0 Å². The number of ether oxygens (including phenoxy) is 2. The molecule has 0 bridgehead atoms. The molecule has 2 aliphatic rings. The van der Waals surface area contributed by atoms with Gasteiger partial charge in [-0.1, -0.05) is 18.2 Å². The number of aromatic nitrogens is 2. The smallest absolute Gasteiger partial charge is 0.363 e. The number of hydrogen-bond donors (Lipinski definition) is 0. The second-order valence-electron chi connectivity index (χ2n) is 5.62. The normalized spacial score (nSPS) is 19.0. The first-order valence-electron chi connectivity index (χ1n) is 8.02. The van der Waals surface area contributed by atoms with E-state index in [4.69, 9.17) is 9.47 Å². The molecule has 7 heteroatoms. The number of rotatable bonds is 3. The second-order valence-corrected chi connectivity index (χ2v) is 5.62. The molecule has 1 aromatic heterocycles. The largest absolute Gasteiger partial charge is 0.402 e. The van der Waals surface area contributed by atoms with Crippen LogP contribution in [-0.2, 0) is 14.3 Å². The van der Waals surface area contributed by atoms with Crippen LogP contribution in [0.5, 0.6) is 0 Å². The average molecular weight is 336 g/mol. The molecule has 0 radical (unpaired) electrons. The lowest BCUT2D eigenvalue weighted by Crippen LogP contribution is -2.37. The zero-order chi connectivity index (χ0) is 17.1. The second kappa shape index (κ2) is 6.82. The van der Waals surface area contributed by atoms with Gasteiger partial charge in [0.15, 0.2) is 5.70 Å². The van der Waals surface area contributed by atoms with Crippen molar-refractivity contribution in [3.8, 4) is 0 Å². The van der Waals surface area contributed by atoms with Gasteiger partial charge in [-0.05, 0) is 18.2 Å². The Bertz CT molecular complexity index is 825. The molecular weight excluding hydrogens is 320 g/mol. The summed E-state index contributed by atoms with van der Waals surface area (Å²) in [5.41, 5.74) is 1.70. The Hall–Kier alpha value is -3.06. The number of hydrogen-bond acceptors (Lipinski definition) is 7. The number of esters is 1. The number of cyclic esters (lactones) is 1. The van der Waals surface area contributed by atoms with Crippen molar-refractivity contribution in [3.05, 3.63) is 59.5 Å². The Balaban J connectivity index is 1.54. The predicted molar refractivity (Wildman–Crippen MR) is 92.1 cm³/mol.